The van der Waals surface area contributed by atoms with Gasteiger partial charge in [-0.05, 0) is 24.8 Å². The molecule has 22 heavy (non-hydrogen) atoms. The molecule has 116 valence electrons. The topological polar surface area (TPSA) is 73.3 Å². The van der Waals surface area contributed by atoms with E-state index in [9.17, 15) is 4.79 Å². The van der Waals surface area contributed by atoms with E-state index < -0.39 is 0 Å². The normalized spacial score (nSPS) is 15.5. The Morgan fingerprint density at radius 2 is 2.23 bits per heavy atom. The van der Waals surface area contributed by atoms with Crippen LogP contribution in [0.15, 0.2) is 29.9 Å². The van der Waals surface area contributed by atoms with Crippen LogP contribution in [-0.4, -0.2) is 35.7 Å². The molecule has 0 bridgehead atoms. The predicted octanol–water partition coefficient (Wildman–Crippen LogP) is 2.60. The zero-order valence-corrected chi connectivity index (χ0v) is 12.8. The van der Waals surface area contributed by atoms with Crippen molar-refractivity contribution in [3.05, 3.63) is 35.5 Å². The molecule has 1 amide bonds. The molecule has 7 heteroatoms. The number of nitrogens with zero attached hydrogens (tertiary/aromatic N) is 2. The van der Waals surface area contributed by atoms with Gasteiger partial charge in [0.15, 0.2) is 5.13 Å². The van der Waals surface area contributed by atoms with Crippen molar-refractivity contribution in [1.29, 1.82) is 0 Å². The number of ether oxygens (including phenoxy) is 2. The van der Waals surface area contributed by atoms with Crippen LogP contribution in [-0.2, 0) is 4.74 Å². The zero-order valence-electron chi connectivity index (χ0n) is 12.0. The lowest BCUT2D eigenvalue weighted by atomic mass is 10.0. The van der Waals surface area contributed by atoms with Gasteiger partial charge in [0.25, 0.3) is 5.91 Å². The summed E-state index contributed by atoms with van der Waals surface area (Å²) >= 11 is 1.37. The van der Waals surface area contributed by atoms with Gasteiger partial charge in [0, 0.05) is 37.1 Å². The Bertz CT molecular complexity index is 595. The Hall–Kier alpha value is -1.99. The van der Waals surface area contributed by atoms with E-state index in [2.05, 4.69) is 15.3 Å². The number of pyridine rings is 1. The van der Waals surface area contributed by atoms with Crippen molar-refractivity contribution in [2.45, 2.75) is 12.8 Å². The summed E-state index contributed by atoms with van der Waals surface area (Å²) < 4.78 is 11.0. The highest BCUT2D eigenvalue weighted by Crippen LogP contribution is 2.17. The molecule has 0 saturated carbocycles. The maximum atomic E-state index is 12.0. The van der Waals surface area contributed by atoms with Crippen molar-refractivity contribution in [3.63, 3.8) is 0 Å². The lowest BCUT2D eigenvalue weighted by Crippen LogP contribution is -2.21. The summed E-state index contributed by atoms with van der Waals surface area (Å²) in [5.41, 5.74) is 0.480. The van der Waals surface area contributed by atoms with Gasteiger partial charge < -0.3 is 9.47 Å². The summed E-state index contributed by atoms with van der Waals surface area (Å²) in [6, 6.07) is 3.42. The molecule has 2 aromatic rings. The second-order valence-corrected chi connectivity index (χ2v) is 5.94. The molecular formula is C15H17N3O3S. The summed E-state index contributed by atoms with van der Waals surface area (Å²) in [6.07, 6.45) is 5.20. The van der Waals surface area contributed by atoms with Crippen molar-refractivity contribution >= 4 is 22.4 Å². The molecule has 3 rings (SSSR count). The Morgan fingerprint density at radius 1 is 1.36 bits per heavy atom. The second kappa shape index (κ2) is 7.33. The second-order valence-electron chi connectivity index (χ2n) is 5.04. The lowest BCUT2D eigenvalue weighted by molar-refractivity contribution is 0.0490. The van der Waals surface area contributed by atoms with Gasteiger partial charge in [0.2, 0.25) is 5.88 Å². The monoisotopic (exact) mass is 319 g/mol. The fourth-order valence-electron chi connectivity index (χ4n) is 2.17. The van der Waals surface area contributed by atoms with Crippen LogP contribution in [0.2, 0.25) is 0 Å². The molecule has 0 aromatic carbocycles. The van der Waals surface area contributed by atoms with Crippen molar-refractivity contribution in [2.75, 3.05) is 25.1 Å². The smallest absolute Gasteiger partial charge is 0.259 e. The summed E-state index contributed by atoms with van der Waals surface area (Å²) in [4.78, 5) is 20.2. The first-order valence-electron chi connectivity index (χ1n) is 7.19. The van der Waals surface area contributed by atoms with E-state index in [1.54, 1.807) is 23.7 Å². The largest absolute Gasteiger partial charge is 0.477 e. The third-order valence-corrected chi connectivity index (χ3v) is 4.15. The molecule has 0 unspecified atom stereocenters. The van der Waals surface area contributed by atoms with Crippen molar-refractivity contribution in [3.8, 4) is 5.88 Å². The van der Waals surface area contributed by atoms with Crippen molar-refractivity contribution < 1.29 is 14.3 Å². The molecule has 2 aromatic heterocycles. The number of rotatable bonds is 5. The van der Waals surface area contributed by atoms with Gasteiger partial charge in [0.05, 0.1) is 12.2 Å². The molecular weight excluding hydrogens is 302 g/mol. The van der Waals surface area contributed by atoms with Gasteiger partial charge in [0.1, 0.15) is 0 Å². The van der Waals surface area contributed by atoms with Gasteiger partial charge in [-0.1, -0.05) is 0 Å². The summed E-state index contributed by atoms with van der Waals surface area (Å²) in [7, 11) is 0. The van der Waals surface area contributed by atoms with Crippen LogP contribution in [0, 0.1) is 5.92 Å². The average Bonchev–Trinajstić information content (AvgIpc) is 3.07. The van der Waals surface area contributed by atoms with Crippen LogP contribution in [0.4, 0.5) is 5.13 Å². The standard InChI is InChI=1S/C15H17N3O3S/c19-14(18-15-16-5-8-22-15)12-1-2-13(17-9-12)21-10-11-3-6-20-7-4-11/h1-2,5,8-9,11H,3-4,6-7,10H2,(H,16,18,19). The van der Waals surface area contributed by atoms with Crippen LogP contribution in [0.25, 0.3) is 0 Å². The van der Waals surface area contributed by atoms with Crippen LogP contribution >= 0.6 is 11.3 Å². The van der Waals surface area contributed by atoms with E-state index in [-0.39, 0.29) is 5.91 Å². The highest BCUT2D eigenvalue weighted by molar-refractivity contribution is 7.13. The van der Waals surface area contributed by atoms with Gasteiger partial charge in [-0.25, -0.2) is 9.97 Å². The number of hydrogen-bond donors (Lipinski definition) is 1. The SMILES string of the molecule is O=C(Nc1nccs1)c1ccc(OCC2CCOCC2)nc1. The number of aromatic nitrogens is 2. The van der Waals surface area contributed by atoms with E-state index >= 15 is 0 Å². The maximum Gasteiger partial charge on any atom is 0.259 e. The first-order valence-corrected chi connectivity index (χ1v) is 8.06. The van der Waals surface area contributed by atoms with Crippen LogP contribution in [0.3, 0.4) is 0 Å². The Morgan fingerprint density at radius 3 is 2.91 bits per heavy atom. The predicted molar refractivity (Wildman–Crippen MR) is 83.3 cm³/mol. The number of hydrogen-bond acceptors (Lipinski definition) is 6. The van der Waals surface area contributed by atoms with E-state index in [0.29, 0.717) is 29.1 Å². The molecule has 0 radical (unpaired) electrons. The molecule has 1 aliphatic heterocycles. The van der Waals surface area contributed by atoms with Crippen LogP contribution in [0.1, 0.15) is 23.2 Å². The Balaban J connectivity index is 1.52. The number of nitrogens with one attached hydrogen (secondary N) is 1. The maximum absolute atomic E-state index is 12.0. The van der Waals surface area contributed by atoms with E-state index in [0.717, 1.165) is 26.1 Å². The number of carbonyl (C=O) groups is 1. The highest BCUT2D eigenvalue weighted by atomic mass is 32.1. The van der Waals surface area contributed by atoms with E-state index in [1.165, 1.54) is 17.5 Å². The Labute approximate surface area is 132 Å². The fourth-order valence-corrected chi connectivity index (χ4v) is 2.69. The number of amides is 1. The van der Waals surface area contributed by atoms with Crippen LogP contribution < -0.4 is 10.1 Å². The molecule has 3 heterocycles. The molecule has 1 aliphatic rings. The summed E-state index contributed by atoms with van der Waals surface area (Å²) in [6.45, 7) is 2.25. The lowest BCUT2D eigenvalue weighted by Gasteiger charge is -2.21. The number of anilines is 1. The number of carbonyl (C=O) groups excluding carboxylic acids is 1. The first-order chi connectivity index (χ1) is 10.8. The molecule has 6 nitrogen and oxygen atoms in total. The Kier molecular flexibility index (Phi) is 4.97. The quantitative estimate of drug-likeness (QED) is 0.917. The minimum atomic E-state index is -0.224. The summed E-state index contributed by atoms with van der Waals surface area (Å²) in [5.74, 6) is 0.833. The number of thiazole rings is 1. The highest BCUT2D eigenvalue weighted by Gasteiger charge is 2.15. The minimum absolute atomic E-state index is 0.224. The third-order valence-electron chi connectivity index (χ3n) is 3.46. The van der Waals surface area contributed by atoms with E-state index in [1.807, 2.05) is 0 Å². The molecule has 0 spiro atoms. The van der Waals surface area contributed by atoms with Crippen LogP contribution in [0.5, 0.6) is 5.88 Å². The van der Waals surface area contributed by atoms with Gasteiger partial charge in [-0.3, -0.25) is 10.1 Å². The van der Waals surface area contributed by atoms with Gasteiger partial charge >= 0.3 is 0 Å². The average molecular weight is 319 g/mol. The molecule has 0 atom stereocenters. The molecule has 1 fully saturated rings. The third kappa shape index (κ3) is 4.02. The molecule has 0 aliphatic carbocycles. The minimum Gasteiger partial charge on any atom is -0.477 e. The van der Waals surface area contributed by atoms with Crippen molar-refractivity contribution in [1.82, 2.24) is 9.97 Å². The molecule has 1 N–H and O–H groups in total. The molecule has 1 saturated heterocycles. The zero-order chi connectivity index (χ0) is 15.2. The fraction of sp³-hybridized carbons (Fsp3) is 0.400. The van der Waals surface area contributed by atoms with E-state index in [4.69, 9.17) is 9.47 Å². The summed E-state index contributed by atoms with van der Waals surface area (Å²) in [5, 5.41) is 5.10. The van der Waals surface area contributed by atoms with Gasteiger partial charge in [-0.2, -0.15) is 0 Å². The first kappa shape index (κ1) is 14.9. The van der Waals surface area contributed by atoms with Gasteiger partial charge in [-0.15, -0.1) is 11.3 Å². The van der Waals surface area contributed by atoms with Crippen molar-refractivity contribution in [2.24, 2.45) is 5.92 Å².